The zero-order valence-electron chi connectivity index (χ0n) is 17.9. The van der Waals surface area contributed by atoms with Crippen molar-refractivity contribution in [3.63, 3.8) is 0 Å². The first-order valence-corrected chi connectivity index (χ1v) is 10.4. The summed E-state index contributed by atoms with van der Waals surface area (Å²) in [6.45, 7) is 10.1. The van der Waals surface area contributed by atoms with Crippen molar-refractivity contribution in [1.29, 1.82) is 0 Å². The van der Waals surface area contributed by atoms with Crippen LogP contribution in [-0.4, -0.2) is 61.5 Å². The molecule has 0 radical (unpaired) electrons. The lowest BCUT2D eigenvalue weighted by atomic mass is 10.0. The standard InChI is InChI=1S/C20H28ClN5O4/c1-12(2)14-11-22-26-16(10-15(21)23-17(14)26)25(19(29)30-20(3,4)5)13-6-8-24(9-7-13)18(27)28/h10-13H,6-9H2,1-5H3,(H,27,28). The second-order valence-electron chi connectivity index (χ2n) is 8.78. The van der Waals surface area contributed by atoms with Gasteiger partial charge in [-0.1, -0.05) is 25.4 Å². The first kappa shape index (κ1) is 22.1. The minimum absolute atomic E-state index is 0.176. The van der Waals surface area contributed by atoms with Gasteiger partial charge in [0.15, 0.2) is 5.65 Å². The van der Waals surface area contributed by atoms with Crippen molar-refractivity contribution in [2.24, 2.45) is 0 Å². The van der Waals surface area contributed by atoms with Gasteiger partial charge in [0.05, 0.1) is 6.20 Å². The van der Waals surface area contributed by atoms with Crippen molar-refractivity contribution in [3.8, 4) is 0 Å². The number of fused-ring (bicyclic) bond motifs is 1. The molecule has 2 aromatic rings. The molecule has 1 aliphatic rings. The third-order valence-corrected chi connectivity index (χ3v) is 5.20. The van der Waals surface area contributed by atoms with Gasteiger partial charge in [0, 0.05) is 30.8 Å². The van der Waals surface area contributed by atoms with E-state index in [1.165, 1.54) is 4.90 Å². The van der Waals surface area contributed by atoms with Crippen LogP contribution >= 0.6 is 11.6 Å². The fourth-order valence-electron chi connectivity index (χ4n) is 3.57. The molecule has 164 valence electrons. The first-order valence-electron chi connectivity index (χ1n) is 10.0. The Bertz CT molecular complexity index is 945. The van der Waals surface area contributed by atoms with E-state index in [9.17, 15) is 14.7 Å². The topological polar surface area (TPSA) is 100 Å². The smallest absolute Gasteiger partial charge is 0.416 e. The van der Waals surface area contributed by atoms with E-state index < -0.39 is 17.8 Å². The van der Waals surface area contributed by atoms with Gasteiger partial charge < -0.3 is 14.7 Å². The SMILES string of the molecule is CC(C)c1cnn2c(N(C(=O)OC(C)(C)C)C3CCN(C(=O)O)CC3)cc(Cl)nc12. The summed E-state index contributed by atoms with van der Waals surface area (Å²) in [5.41, 5.74) is 0.813. The molecule has 0 saturated carbocycles. The Kier molecular flexibility index (Phi) is 6.12. The summed E-state index contributed by atoms with van der Waals surface area (Å²) in [4.78, 5) is 31.8. The maximum absolute atomic E-state index is 13.2. The number of carbonyl (C=O) groups excluding carboxylic acids is 1. The van der Waals surface area contributed by atoms with Gasteiger partial charge in [0.1, 0.15) is 16.6 Å². The van der Waals surface area contributed by atoms with Crippen LogP contribution in [0.2, 0.25) is 5.15 Å². The highest BCUT2D eigenvalue weighted by Crippen LogP contribution is 2.30. The number of carboxylic acid groups (broad SMARTS) is 1. The molecule has 1 saturated heterocycles. The van der Waals surface area contributed by atoms with E-state index >= 15 is 0 Å². The number of amides is 2. The maximum atomic E-state index is 13.2. The number of piperidine rings is 1. The number of hydrogen-bond acceptors (Lipinski definition) is 5. The number of nitrogens with zero attached hydrogens (tertiary/aromatic N) is 5. The van der Waals surface area contributed by atoms with Gasteiger partial charge in [-0.3, -0.25) is 4.90 Å². The molecule has 1 N–H and O–H groups in total. The Morgan fingerprint density at radius 3 is 2.47 bits per heavy atom. The number of ether oxygens (including phenoxy) is 1. The molecule has 3 rings (SSSR count). The number of carbonyl (C=O) groups is 2. The zero-order chi connectivity index (χ0) is 22.2. The summed E-state index contributed by atoms with van der Waals surface area (Å²) in [5.74, 6) is 0.634. The summed E-state index contributed by atoms with van der Waals surface area (Å²) in [5, 5.41) is 14.0. The highest BCUT2D eigenvalue weighted by Gasteiger charge is 2.35. The van der Waals surface area contributed by atoms with E-state index in [1.807, 2.05) is 13.8 Å². The average molecular weight is 438 g/mol. The van der Waals surface area contributed by atoms with Crippen LogP contribution in [0.25, 0.3) is 5.65 Å². The number of anilines is 1. The number of halogens is 1. The van der Waals surface area contributed by atoms with Crippen molar-refractivity contribution < 1.29 is 19.4 Å². The minimum atomic E-state index is -0.958. The van der Waals surface area contributed by atoms with Crippen LogP contribution in [0, 0.1) is 0 Å². The Labute approximate surface area is 180 Å². The highest BCUT2D eigenvalue weighted by molar-refractivity contribution is 6.29. The normalized spacial score (nSPS) is 15.6. The van der Waals surface area contributed by atoms with Crippen LogP contribution < -0.4 is 4.90 Å². The van der Waals surface area contributed by atoms with Crippen LogP contribution in [-0.2, 0) is 4.74 Å². The third-order valence-electron chi connectivity index (χ3n) is 5.01. The van der Waals surface area contributed by atoms with Crippen molar-refractivity contribution in [1.82, 2.24) is 19.5 Å². The zero-order valence-corrected chi connectivity index (χ0v) is 18.7. The quantitative estimate of drug-likeness (QED) is 0.714. The lowest BCUT2D eigenvalue weighted by Gasteiger charge is -2.38. The average Bonchev–Trinajstić information content (AvgIpc) is 3.04. The second kappa shape index (κ2) is 8.29. The molecule has 10 heteroatoms. The maximum Gasteiger partial charge on any atom is 0.416 e. The van der Waals surface area contributed by atoms with E-state index in [1.54, 1.807) is 42.4 Å². The molecule has 0 atom stereocenters. The molecule has 0 bridgehead atoms. The fraction of sp³-hybridized carbons (Fsp3) is 0.600. The molecule has 0 aromatic carbocycles. The fourth-order valence-corrected chi connectivity index (χ4v) is 3.75. The van der Waals surface area contributed by atoms with Crippen LogP contribution in [0.15, 0.2) is 12.3 Å². The third kappa shape index (κ3) is 4.61. The number of hydrogen-bond donors (Lipinski definition) is 1. The molecule has 2 aromatic heterocycles. The number of rotatable bonds is 3. The van der Waals surface area contributed by atoms with Gasteiger partial charge in [-0.2, -0.15) is 9.61 Å². The van der Waals surface area contributed by atoms with Crippen LogP contribution in [0.3, 0.4) is 0 Å². The summed E-state index contributed by atoms with van der Waals surface area (Å²) in [6, 6.07) is 1.34. The molecule has 0 unspecified atom stereocenters. The molecule has 9 nitrogen and oxygen atoms in total. The van der Waals surface area contributed by atoms with Gasteiger partial charge >= 0.3 is 12.2 Å². The molecule has 1 aliphatic heterocycles. The second-order valence-corrected chi connectivity index (χ2v) is 9.17. The molecular weight excluding hydrogens is 410 g/mol. The van der Waals surface area contributed by atoms with E-state index in [4.69, 9.17) is 16.3 Å². The van der Waals surface area contributed by atoms with Gasteiger partial charge in [0.25, 0.3) is 0 Å². The van der Waals surface area contributed by atoms with Crippen LogP contribution in [0.5, 0.6) is 0 Å². The van der Waals surface area contributed by atoms with Crippen LogP contribution in [0.4, 0.5) is 15.4 Å². The summed E-state index contributed by atoms with van der Waals surface area (Å²) in [6.07, 6.45) is 1.20. The summed E-state index contributed by atoms with van der Waals surface area (Å²) in [7, 11) is 0. The number of likely N-dealkylation sites (tertiary alicyclic amines) is 1. The molecular formula is C20H28ClN5O4. The summed E-state index contributed by atoms with van der Waals surface area (Å²) >= 11 is 6.33. The van der Waals surface area contributed by atoms with Gasteiger partial charge in [0.2, 0.25) is 0 Å². The Hall–Kier alpha value is -2.55. The molecule has 0 spiro atoms. The van der Waals surface area contributed by atoms with E-state index in [0.29, 0.717) is 37.4 Å². The number of aromatic nitrogens is 3. The summed E-state index contributed by atoms with van der Waals surface area (Å²) < 4.78 is 7.28. The highest BCUT2D eigenvalue weighted by atomic mass is 35.5. The first-order chi connectivity index (χ1) is 14.0. The van der Waals surface area contributed by atoms with Crippen molar-refractivity contribution >= 4 is 35.3 Å². The Morgan fingerprint density at radius 2 is 1.93 bits per heavy atom. The van der Waals surface area contributed by atoms with Crippen molar-refractivity contribution in [2.45, 2.75) is 65.0 Å². The predicted octanol–water partition coefficient (Wildman–Crippen LogP) is 4.39. The molecule has 3 heterocycles. The lowest BCUT2D eigenvalue weighted by Crippen LogP contribution is -2.50. The largest absolute Gasteiger partial charge is 0.465 e. The van der Waals surface area contributed by atoms with Gasteiger partial charge in [-0.25, -0.2) is 14.6 Å². The Balaban J connectivity index is 2.06. The molecule has 1 fully saturated rings. The van der Waals surface area contributed by atoms with Crippen LogP contribution in [0.1, 0.15) is 58.9 Å². The predicted molar refractivity (Wildman–Crippen MR) is 113 cm³/mol. The molecule has 30 heavy (non-hydrogen) atoms. The Morgan fingerprint density at radius 1 is 1.30 bits per heavy atom. The molecule has 0 aliphatic carbocycles. The van der Waals surface area contributed by atoms with E-state index in [-0.39, 0.29) is 17.1 Å². The van der Waals surface area contributed by atoms with Gasteiger partial charge in [-0.05, 0) is 39.5 Å². The van der Waals surface area contributed by atoms with E-state index in [0.717, 1.165) is 5.56 Å². The van der Waals surface area contributed by atoms with Crippen molar-refractivity contribution in [3.05, 3.63) is 23.0 Å². The molecule has 2 amide bonds. The van der Waals surface area contributed by atoms with Gasteiger partial charge in [-0.15, -0.1) is 0 Å². The lowest BCUT2D eigenvalue weighted by molar-refractivity contribution is 0.0547. The minimum Gasteiger partial charge on any atom is -0.465 e. The monoisotopic (exact) mass is 437 g/mol. The van der Waals surface area contributed by atoms with E-state index in [2.05, 4.69) is 10.1 Å². The van der Waals surface area contributed by atoms with Crippen molar-refractivity contribution in [2.75, 3.05) is 18.0 Å².